The Bertz CT molecular complexity index is 802. The van der Waals surface area contributed by atoms with E-state index < -0.39 is 0 Å². The highest BCUT2D eigenvalue weighted by molar-refractivity contribution is 6.07. The van der Waals surface area contributed by atoms with E-state index >= 15 is 0 Å². The molecule has 9 heteroatoms. The second kappa shape index (κ2) is 10.2. The fraction of sp³-hybridized carbons (Fsp3) is 0.474. The number of aromatic nitrogens is 1. The van der Waals surface area contributed by atoms with Crippen molar-refractivity contribution in [2.24, 2.45) is 0 Å². The molecule has 2 N–H and O–H groups in total. The standard InChI is InChI=1S/C19H24N4O3.2ClH/c1-13-18(21-6-9-26-13)19(24)22-16-2-3-17(23-7-10-25-11-8-23)14-4-5-20-12-15(14)16;;/h2-5,12-13,18,21H,6-11H2,1H3,(H,22,24);2*1H/t13-,18+;;/m1../s1. The van der Waals surface area contributed by atoms with Gasteiger partial charge in [-0.1, -0.05) is 0 Å². The van der Waals surface area contributed by atoms with E-state index in [9.17, 15) is 4.79 Å². The molecule has 2 aromatic rings. The minimum Gasteiger partial charge on any atom is -0.378 e. The molecule has 154 valence electrons. The monoisotopic (exact) mass is 428 g/mol. The topological polar surface area (TPSA) is 75.7 Å². The van der Waals surface area contributed by atoms with Crippen LogP contribution in [0.3, 0.4) is 0 Å². The molecule has 4 rings (SSSR count). The Balaban J connectivity index is 0.00000140. The number of hydrogen-bond acceptors (Lipinski definition) is 6. The summed E-state index contributed by atoms with van der Waals surface area (Å²) in [6.07, 6.45) is 3.44. The van der Waals surface area contributed by atoms with Gasteiger partial charge in [-0.25, -0.2) is 0 Å². The Labute approximate surface area is 177 Å². The molecule has 1 aromatic carbocycles. The molecule has 2 fully saturated rings. The molecule has 0 spiro atoms. The smallest absolute Gasteiger partial charge is 0.244 e. The van der Waals surface area contributed by atoms with Gasteiger partial charge in [0.2, 0.25) is 5.91 Å². The summed E-state index contributed by atoms with van der Waals surface area (Å²) < 4.78 is 11.0. The fourth-order valence-corrected chi connectivity index (χ4v) is 3.60. The van der Waals surface area contributed by atoms with Gasteiger partial charge in [-0.2, -0.15) is 0 Å². The van der Waals surface area contributed by atoms with Gasteiger partial charge >= 0.3 is 0 Å². The average Bonchev–Trinajstić information content (AvgIpc) is 2.69. The lowest BCUT2D eigenvalue weighted by molar-refractivity contribution is -0.123. The number of halogens is 2. The highest BCUT2D eigenvalue weighted by Crippen LogP contribution is 2.32. The number of fused-ring (bicyclic) bond motifs is 1. The maximum atomic E-state index is 12.7. The van der Waals surface area contributed by atoms with E-state index in [0.29, 0.717) is 13.2 Å². The van der Waals surface area contributed by atoms with Gasteiger partial charge in [-0.05, 0) is 25.1 Å². The number of benzene rings is 1. The molecule has 0 unspecified atom stereocenters. The zero-order valence-electron chi connectivity index (χ0n) is 15.7. The van der Waals surface area contributed by atoms with Crippen LogP contribution in [-0.4, -0.2) is 62.5 Å². The SMILES string of the molecule is C[C@H]1OCCN[C@@H]1C(=O)Nc1ccc(N2CCOCC2)c2ccncc12.Cl.Cl. The zero-order valence-corrected chi connectivity index (χ0v) is 17.4. The molecule has 3 heterocycles. The van der Waals surface area contributed by atoms with E-state index in [-0.39, 0.29) is 42.9 Å². The van der Waals surface area contributed by atoms with Crippen molar-refractivity contribution >= 4 is 52.9 Å². The summed E-state index contributed by atoms with van der Waals surface area (Å²) in [5.41, 5.74) is 1.92. The molecule has 2 aliphatic heterocycles. The van der Waals surface area contributed by atoms with Gasteiger partial charge in [0, 0.05) is 48.5 Å². The van der Waals surface area contributed by atoms with Gasteiger partial charge in [-0.3, -0.25) is 9.78 Å². The minimum atomic E-state index is -0.352. The molecule has 0 saturated carbocycles. The van der Waals surface area contributed by atoms with Crippen LogP contribution in [0.4, 0.5) is 11.4 Å². The number of amides is 1. The van der Waals surface area contributed by atoms with E-state index in [1.807, 2.05) is 25.3 Å². The number of rotatable bonds is 3. The van der Waals surface area contributed by atoms with Gasteiger partial charge in [0.1, 0.15) is 6.04 Å². The first-order valence-corrected chi connectivity index (χ1v) is 9.09. The van der Waals surface area contributed by atoms with Crippen molar-refractivity contribution in [3.05, 3.63) is 30.6 Å². The highest BCUT2D eigenvalue weighted by Gasteiger charge is 2.28. The number of anilines is 2. The number of morpholine rings is 2. The van der Waals surface area contributed by atoms with Crippen molar-refractivity contribution in [3.8, 4) is 0 Å². The molecule has 0 radical (unpaired) electrons. The minimum absolute atomic E-state index is 0. The van der Waals surface area contributed by atoms with Crippen molar-refractivity contribution in [2.75, 3.05) is 49.7 Å². The van der Waals surface area contributed by atoms with Gasteiger partial charge in [0.25, 0.3) is 0 Å². The number of carbonyl (C=O) groups excluding carboxylic acids is 1. The van der Waals surface area contributed by atoms with E-state index in [1.165, 1.54) is 0 Å². The molecule has 0 aliphatic carbocycles. The lowest BCUT2D eigenvalue weighted by Crippen LogP contribution is -2.53. The summed E-state index contributed by atoms with van der Waals surface area (Å²) >= 11 is 0. The predicted molar refractivity (Wildman–Crippen MR) is 115 cm³/mol. The third-order valence-electron chi connectivity index (χ3n) is 5.00. The first-order valence-electron chi connectivity index (χ1n) is 9.09. The number of nitrogens with zero attached hydrogens (tertiary/aromatic N) is 2. The van der Waals surface area contributed by atoms with Crippen LogP contribution in [0.25, 0.3) is 10.8 Å². The van der Waals surface area contributed by atoms with Crippen LogP contribution >= 0.6 is 24.8 Å². The Morgan fingerprint density at radius 2 is 1.96 bits per heavy atom. The summed E-state index contributed by atoms with van der Waals surface area (Å²) in [6.45, 7) is 6.42. The van der Waals surface area contributed by atoms with Crippen LogP contribution in [0.2, 0.25) is 0 Å². The Hall–Kier alpha value is -1.64. The van der Waals surface area contributed by atoms with E-state index in [0.717, 1.165) is 48.5 Å². The molecule has 28 heavy (non-hydrogen) atoms. The summed E-state index contributed by atoms with van der Waals surface area (Å²) in [6, 6.07) is 5.67. The van der Waals surface area contributed by atoms with Crippen LogP contribution in [0.1, 0.15) is 6.92 Å². The summed E-state index contributed by atoms with van der Waals surface area (Å²) in [4.78, 5) is 19.3. The van der Waals surface area contributed by atoms with E-state index in [1.54, 1.807) is 6.20 Å². The number of nitrogens with one attached hydrogen (secondary N) is 2. The van der Waals surface area contributed by atoms with Crippen molar-refractivity contribution in [1.82, 2.24) is 10.3 Å². The number of hydrogen-bond donors (Lipinski definition) is 2. The number of carbonyl (C=O) groups is 1. The van der Waals surface area contributed by atoms with E-state index in [4.69, 9.17) is 9.47 Å². The quantitative estimate of drug-likeness (QED) is 0.780. The molecule has 2 aliphatic rings. The highest BCUT2D eigenvalue weighted by atomic mass is 35.5. The molecule has 0 bridgehead atoms. The summed E-state index contributed by atoms with van der Waals surface area (Å²) in [7, 11) is 0. The summed E-state index contributed by atoms with van der Waals surface area (Å²) in [5.74, 6) is -0.0820. The van der Waals surface area contributed by atoms with Crippen molar-refractivity contribution in [3.63, 3.8) is 0 Å². The molecule has 1 aromatic heterocycles. The third kappa shape index (κ3) is 4.67. The maximum Gasteiger partial charge on any atom is 0.244 e. The van der Waals surface area contributed by atoms with Crippen LogP contribution in [0.5, 0.6) is 0 Å². The maximum absolute atomic E-state index is 12.7. The lowest BCUT2D eigenvalue weighted by Gasteiger charge is -2.31. The second-order valence-electron chi connectivity index (χ2n) is 6.65. The van der Waals surface area contributed by atoms with E-state index in [2.05, 4.69) is 26.6 Å². The Kier molecular flexibility index (Phi) is 8.27. The second-order valence-corrected chi connectivity index (χ2v) is 6.65. The van der Waals surface area contributed by atoms with Crippen molar-refractivity contribution in [1.29, 1.82) is 0 Å². The molecule has 1 amide bonds. The van der Waals surface area contributed by atoms with Crippen LogP contribution in [-0.2, 0) is 14.3 Å². The molecule has 2 saturated heterocycles. The first-order chi connectivity index (χ1) is 12.7. The predicted octanol–water partition coefficient (Wildman–Crippen LogP) is 2.23. The number of pyridine rings is 1. The van der Waals surface area contributed by atoms with Crippen LogP contribution in [0.15, 0.2) is 30.6 Å². The molecular formula is C19H26Cl2N4O3. The van der Waals surface area contributed by atoms with Crippen LogP contribution in [0, 0.1) is 0 Å². The average molecular weight is 429 g/mol. The van der Waals surface area contributed by atoms with Crippen molar-refractivity contribution < 1.29 is 14.3 Å². The largest absolute Gasteiger partial charge is 0.378 e. The lowest BCUT2D eigenvalue weighted by atomic mass is 10.1. The van der Waals surface area contributed by atoms with Gasteiger partial charge < -0.3 is 25.0 Å². The molecule has 2 atom stereocenters. The zero-order chi connectivity index (χ0) is 17.9. The van der Waals surface area contributed by atoms with Gasteiger partial charge in [0.05, 0.1) is 31.6 Å². The van der Waals surface area contributed by atoms with Gasteiger partial charge in [0.15, 0.2) is 0 Å². The normalized spacial score (nSPS) is 22.1. The van der Waals surface area contributed by atoms with Crippen molar-refractivity contribution in [2.45, 2.75) is 19.1 Å². The Morgan fingerprint density at radius 1 is 1.18 bits per heavy atom. The third-order valence-corrected chi connectivity index (χ3v) is 5.00. The number of ether oxygens (including phenoxy) is 2. The molecule has 7 nitrogen and oxygen atoms in total. The van der Waals surface area contributed by atoms with Gasteiger partial charge in [-0.15, -0.1) is 24.8 Å². The van der Waals surface area contributed by atoms with Crippen LogP contribution < -0.4 is 15.5 Å². The summed E-state index contributed by atoms with van der Waals surface area (Å²) in [5, 5.41) is 8.30. The first kappa shape index (κ1) is 22.6. The fourth-order valence-electron chi connectivity index (χ4n) is 3.60. The molecular weight excluding hydrogens is 403 g/mol. The Morgan fingerprint density at radius 3 is 2.71 bits per heavy atom.